The van der Waals surface area contributed by atoms with Crippen LogP contribution in [0.2, 0.25) is 0 Å². The fourth-order valence-corrected chi connectivity index (χ4v) is 5.58. The summed E-state index contributed by atoms with van der Waals surface area (Å²) in [5.41, 5.74) is 7.06. The van der Waals surface area contributed by atoms with Crippen LogP contribution in [0.5, 0.6) is 0 Å². The van der Waals surface area contributed by atoms with Gasteiger partial charge in [-0.05, 0) is 27.8 Å². The first-order chi connectivity index (χ1) is 11.4. The zero-order valence-corrected chi connectivity index (χ0v) is 13.5. The Morgan fingerprint density at radius 1 is 0.739 bits per heavy atom. The van der Waals surface area contributed by atoms with Gasteiger partial charge < -0.3 is 0 Å². The second kappa shape index (κ2) is 4.98. The number of rotatable bonds is 1. The molecule has 5 rings (SSSR count). The summed E-state index contributed by atoms with van der Waals surface area (Å²) in [5.74, 6) is 0. The van der Waals surface area contributed by atoms with Crippen LogP contribution >= 0.6 is 11.8 Å². The topological polar surface area (TPSA) is 12.0 Å². The minimum Gasteiger partial charge on any atom is -0.300 e. The minimum atomic E-state index is 0.0354. The van der Waals surface area contributed by atoms with Crippen LogP contribution in [0.25, 0.3) is 11.1 Å². The highest BCUT2D eigenvalue weighted by Crippen LogP contribution is 2.60. The van der Waals surface area contributed by atoms with Crippen molar-refractivity contribution in [2.45, 2.75) is 10.1 Å². The maximum atomic E-state index is 3.75. The van der Waals surface area contributed by atoms with Crippen LogP contribution in [-0.2, 0) is 4.75 Å². The number of thioether (sulfide) groups is 1. The maximum Gasteiger partial charge on any atom is 0.0812 e. The number of fused-ring (bicyclic) bond motifs is 5. The van der Waals surface area contributed by atoms with Crippen molar-refractivity contribution < 1.29 is 0 Å². The number of hydrogen-bond donors (Lipinski definition) is 1. The molecule has 0 amide bonds. The van der Waals surface area contributed by atoms with Crippen LogP contribution in [-0.4, -0.2) is 6.54 Å². The molecule has 1 spiro atoms. The molecule has 1 nitrogen and oxygen atoms in total. The molecule has 0 aromatic heterocycles. The SMILES string of the molecule is c1ccc(C2NCC3(S2)c2ccccc2-c2ccccc23)cc1. The second-order valence-corrected chi connectivity index (χ2v) is 7.61. The molecular weight excluding hydrogens is 298 g/mol. The molecule has 1 N–H and O–H groups in total. The Hall–Kier alpha value is -2.03. The van der Waals surface area contributed by atoms with Crippen LogP contribution in [0, 0.1) is 0 Å². The van der Waals surface area contributed by atoms with E-state index in [2.05, 4.69) is 84.2 Å². The molecule has 1 atom stereocenters. The van der Waals surface area contributed by atoms with Crippen molar-refractivity contribution in [1.82, 2.24) is 5.32 Å². The summed E-state index contributed by atoms with van der Waals surface area (Å²) in [7, 11) is 0. The van der Waals surface area contributed by atoms with Gasteiger partial charge in [-0.3, -0.25) is 5.32 Å². The molecule has 2 heteroatoms. The van der Waals surface area contributed by atoms with Gasteiger partial charge in [0.15, 0.2) is 0 Å². The Kier molecular flexibility index (Phi) is 2.91. The Labute approximate surface area is 140 Å². The smallest absolute Gasteiger partial charge is 0.0812 e. The number of benzene rings is 3. The monoisotopic (exact) mass is 315 g/mol. The van der Waals surface area contributed by atoms with Gasteiger partial charge in [0, 0.05) is 6.54 Å². The van der Waals surface area contributed by atoms with Crippen LogP contribution in [0.1, 0.15) is 22.1 Å². The van der Waals surface area contributed by atoms with Crippen molar-refractivity contribution in [3.8, 4) is 11.1 Å². The molecule has 3 aromatic rings. The Balaban J connectivity index is 1.66. The molecule has 23 heavy (non-hydrogen) atoms. The third-order valence-corrected chi connectivity index (χ3v) is 6.63. The lowest BCUT2D eigenvalue weighted by Gasteiger charge is -2.25. The van der Waals surface area contributed by atoms with E-state index in [1.54, 1.807) is 0 Å². The van der Waals surface area contributed by atoms with Gasteiger partial charge >= 0.3 is 0 Å². The van der Waals surface area contributed by atoms with Gasteiger partial charge in [-0.2, -0.15) is 0 Å². The predicted octanol–water partition coefficient (Wildman–Crippen LogP) is 4.95. The zero-order chi connectivity index (χ0) is 15.3. The molecule has 0 radical (unpaired) electrons. The Bertz CT molecular complexity index is 826. The fraction of sp³-hybridized carbons (Fsp3) is 0.143. The highest BCUT2D eigenvalue weighted by atomic mass is 32.2. The van der Waals surface area contributed by atoms with Gasteiger partial charge in [0.1, 0.15) is 0 Å². The van der Waals surface area contributed by atoms with E-state index in [1.165, 1.54) is 27.8 Å². The summed E-state index contributed by atoms with van der Waals surface area (Å²) >= 11 is 2.05. The molecular formula is C21H17NS. The van der Waals surface area contributed by atoms with E-state index >= 15 is 0 Å². The summed E-state index contributed by atoms with van der Waals surface area (Å²) in [6, 6.07) is 28.5. The van der Waals surface area contributed by atoms with Crippen LogP contribution in [0.3, 0.4) is 0 Å². The summed E-state index contributed by atoms with van der Waals surface area (Å²) in [6.45, 7) is 0.977. The van der Waals surface area contributed by atoms with Crippen molar-refractivity contribution in [3.63, 3.8) is 0 Å². The maximum absolute atomic E-state index is 3.75. The molecule has 1 saturated heterocycles. The molecule has 1 aliphatic heterocycles. The van der Waals surface area contributed by atoms with Gasteiger partial charge in [0.05, 0.1) is 10.1 Å². The third kappa shape index (κ3) is 1.85. The first-order valence-electron chi connectivity index (χ1n) is 8.04. The van der Waals surface area contributed by atoms with E-state index in [-0.39, 0.29) is 4.75 Å². The highest BCUT2D eigenvalue weighted by molar-refractivity contribution is 8.01. The predicted molar refractivity (Wildman–Crippen MR) is 97.4 cm³/mol. The van der Waals surface area contributed by atoms with Gasteiger partial charge in [-0.15, -0.1) is 11.8 Å². The van der Waals surface area contributed by atoms with E-state index in [0.717, 1.165) is 6.54 Å². The van der Waals surface area contributed by atoms with Crippen molar-refractivity contribution >= 4 is 11.8 Å². The van der Waals surface area contributed by atoms with Crippen LogP contribution < -0.4 is 5.32 Å². The summed E-state index contributed by atoms with van der Waals surface area (Å²) in [6.07, 6.45) is 0. The zero-order valence-electron chi connectivity index (χ0n) is 12.7. The van der Waals surface area contributed by atoms with E-state index in [0.29, 0.717) is 5.37 Å². The average Bonchev–Trinajstić information content (AvgIpc) is 3.19. The van der Waals surface area contributed by atoms with Gasteiger partial charge in [-0.25, -0.2) is 0 Å². The fourth-order valence-electron chi connectivity index (χ4n) is 3.94. The Morgan fingerprint density at radius 2 is 1.30 bits per heavy atom. The van der Waals surface area contributed by atoms with Crippen molar-refractivity contribution in [2.75, 3.05) is 6.54 Å². The molecule has 0 bridgehead atoms. The molecule has 0 saturated carbocycles. The molecule has 1 fully saturated rings. The quantitative estimate of drug-likeness (QED) is 0.682. The molecule has 1 unspecified atom stereocenters. The third-order valence-electron chi connectivity index (χ3n) is 4.97. The average molecular weight is 315 g/mol. The number of nitrogens with one attached hydrogen (secondary N) is 1. The summed E-state index contributed by atoms with van der Waals surface area (Å²) < 4.78 is 0.0354. The van der Waals surface area contributed by atoms with Gasteiger partial charge in [0.25, 0.3) is 0 Å². The standard InChI is InChI=1S/C21H17NS/c1-2-8-15(9-3-1)20-22-14-21(23-20)18-12-6-4-10-16(18)17-11-5-7-13-19(17)21/h1-13,20,22H,14H2. The van der Waals surface area contributed by atoms with Crippen molar-refractivity contribution in [1.29, 1.82) is 0 Å². The molecule has 2 aliphatic rings. The second-order valence-electron chi connectivity index (χ2n) is 6.21. The first kappa shape index (κ1) is 13.4. The molecule has 1 aliphatic carbocycles. The van der Waals surface area contributed by atoms with E-state index < -0.39 is 0 Å². The van der Waals surface area contributed by atoms with Crippen molar-refractivity contribution in [3.05, 3.63) is 95.6 Å². The van der Waals surface area contributed by atoms with Crippen LogP contribution in [0.4, 0.5) is 0 Å². The van der Waals surface area contributed by atoms with Crippen LogP contribution in [0.15, 0.2) is 78.9 Å². The van der Waals surface area contributed by atoms with E-state index in [9.17, 15) is 0 Å². The van der Waals surface area contributed by atoms with E-state index in [1.807, 2.05) is 11.8 Å². The lowest BCUT2D eigenvalue weighted by Crippen LogP contribution is -2.25. The van der Waals surface area contributed by atoms with Gasteiger partial charge in [-0.1, -0.05) is 78.9 Å². The molecule has 1 heterocycles. The summed E-state index contributed by atoms with van der Waals surface area (Å²) in [5, 5.41) is 4.09. The largest absolute Gasteiger partial charge is 0.300 e. The molecule has 112 valence electrons. The highest BCUT2D eigenvalue weighted by Gasteiger charge is 2.49. The molecule has 3 aromatic carbocycles. The lowest BCUT2D eigenvalue weighted by atomic mass is 9.96. The van der Waals surface area contributed by atoms with Gasteiger partial charge in [0.2, 0.25) is 0 Å². The number of hydrogen-bond acceptors (Lipinski definition) is 2. The lowest BCUT2D eigenvalue weighted by molar-refractivity contribution is 0.655. The van der Waals surface area contributed by atoms with E-state index in [4.69, 9.17) is 0 Å². The first-order valence-corrected chi connectivity index (χ1v) is 8.92. The Morgan fingerprint density at radius 3 is 1.96 bits per heavy atom. The normalized spacial score (nSPS) is 20.4. The van der Waals surface area contributed by atoms with Crippen molar-refractivity contribution in [2.24, 2.45) is 0 Å². The summed E-state index contributed by atoms with van der Waals surface area (Å²) in [4.78, 5) is 0. The minimum absolute atomic E-state index is 0.0354.